The molecule has 1 N–H and O–H groups in total. The van der Waals surface area contributed by atoms with E-state index >= 15 is 0 Å². The molecule has 1 fully saturated rings. The highest BCUT2D eigenvalue weighted by molar-refractivity contribution is 9.10. The maximum atomic E-state index is 12.9. The number of amides is 2. The highest BCUT2D eigenvalue weighted by Crippen LogP contribution is 2.36. The van der Waals surface area contributed by atoms with E-state index in [2.05, 4.69) is 21.2 Å². The van der Waals surface area contributed by atoms with Crippen molar-refractivity contribution in [2.75, 3.05) is 16.8 Å². The second-order valence-corrected chi connectivity index (χ2v) is 7.09. The fraction of sp³-hybridized carbons (Fsp3) is 0.263. The molecule has 0 unspecified atom stereocenters. The lowest BCUT2D eigenvalue weighted by Gasteiger charge is -2.16. The predicted octanol–water partition coefficient (Wildman–Crippen LogP) is 4.78. The molecule has 8 heteroatoms. The molecule has 2 aromatic carbocycles. The first-order valence-corrected chi connectivity index (χ1v) is 9.09. The molecule has 0 radical (unpaired) electrons. The maximum Gasteiger partial charge on any atom is 0.417 e. The molecule has 0 atom stereocenters. The van der Waals surface area contributed by atoms with Crippen LogP contribution in [-0.4, -0.2) is 18.4 Å². The molecule has 2 amide bonds. The van der Waals surface area contributed by atoms with Crippen LogP contribution < -0.4 is 10.2 Å². The number of nitrogens with one attached hydrogen (secondary N) is 1. The summed E-state index contributed by atoms with van der Waals surface area (Å²) >= 11 is 2.86. The summed E-state index contributed by atoms with van der Waals surface area (Å²) in [4.78, 5) is 25.6. The number of nitrogens with zero attached hydrogens (tertiary/aromatic N) is 1. The first-order chi connectivity index (χ1) is 12.7. The SMILES string of the molecule is O=C(Cc1ccc(N2CCCC2=O)cc1)Nc1ccc(Br)c(C(F)(F)F)c1. The molecule has 27 heavy (non-hydrogen) atoms. The molecule has 1 aliphatic heterocycles. The minimum Gasteiger partial charge on any atom is -0.326 e. The van der Waals surface area contributed by atoms with Crippen LogP contribution in [0.15, 0.2) is 46.9 Å². The van der Waals surface area contributed by atoms with Gasteiger partial charge in [-0.05, 0) is 42.3 Å². The summed E-state index contributed by atoms with van der Waals surface area (Å²) < 4.78 is 38.7. The Morgan fingerprint density at radius 2 is 1.85 bits per heavy atom. The van der Waals surface area contributed by atoms with Crippen LogP contribution >= 0.6 is 15.9 Å². The van der Waals surface area contributed by atoms with Gasteiger partial charge in [0.15, 0.2) is 0 Å². The Hall–Kier alpha value is -2.35. The van der Waals surface area contributed by atoms with Gasteiger partial charge in [-0.3, -0.25) is 9.59 Å². The van der Waals surface area contributed by atoms with Crippen LogP contribution in [0.3, 0.4) is 0 Å². The van der Waals surface area contributed by atoms with Gasteiger partial charge in [0.25, 0.3) is 0 Å². The van der Waals surface area contributed by atoms with E-state index in [9.17, 15) is 22.8 Å². The van der Waals surface area contributed by atoms with Crippen molar-refractivity contribution >= 4 is 39.1 Å². The van der Waals surface area contributed by atoms with E-state index in [1.54, 1.807) is 29.2 Å². The number of rotatable bonds is 4. The molecule has 0 saturated carbocycles. The third-order valence-corrected chi connectivity index (χ3v) is 4.93. The fourth-order valence-corrected chi connectivity index (χ4v) is 3.40. The van der Waals surface area contributed by atoms with Crippen molar-refractivity contribution in [1.82, 2.24) is 0 Å². The van der Waals surface area contributed by atoms with Crippen molar-refractivity contribution in [2.24, 2.45) is 0 Å². The van der Waals surface area contributed by atoms with Gasteiger partial charge >= 0.3 is 6.18 Å². The predicted molar refractivity (Wildman–Crippen MR) is 99.5 cm³/mol. The van der Waals surface area contributed by atoms with E-state index in [1.807, 2.05) is 0 Å². The van der Waals surface area contributed by atoms with Crippen LogP contribution in [0, 0.1) is 0 Å². The van der Waals surface area contributed by atoms with Crippen LogP contribution in [0.25, 0.3) is 0 Å². The second kappa shape index (κ2) is 7.72. The van der Waals surface area contributed by atoms with E-state index in [1.165, 1.54) is 12.1 Å². The molecular formula is C19H16BrF3N2O2. The van der Waals surface area contributed by atoms with Gasteiger partial charge in [-0.15, -0.1) is 0 Å². The number of hydrogen-bond donors (Lipinski definition) is 1. The quantitative estimate of drug-likeness (QED) is 0.743. The van der Waals surface area contributed by atoms with E-state index in [-0.39, 0.29) is 22.5 Å². The topological polar surface area (TPSA) is 49.4 Å². The second-order valence-electron chi connectivity index (χ2n) is 6.23. The molecule has 2 aromatic rings. The third-order valence-electron chi connectivity index (χ3n) is 4.24. The van der Waals surface area contributed by atoms with Gasteiger partial charge in [0.05, 0.1) is 12.0 Å². The maximum absolute atomic E-state index is 12.9. The van der Waals surface area contributed by atoms with Crippen molar-refractivity contribution in [3.05, 3.63) is 58.1 Å². The molecule has 1 saturated heterocycles. The van der Waals surface area contributed by atoms with Gasteiger partial charge < -0.3 is 10.2 Å². The summed E-state index contributed by atoms with van der Waals surface area (Å²) in [5.41, 5.74) is 0.718. The van der Waals surface area contributed by atoms with E-state index in [0.29, 0.717) is 18.5 Å². The summed E-state index contributed by atoms with van der Waals surface area (Å²) in [6, 6.07) is 10.6. The van der Waals surface area contributed by atoms with E-state index < -0.39 is 17.6 Å². The molecule has 142 valence electrons. The molecule has 3 rings (SSSR count). The number of carbonyl (C=O) groups is 2. The number of hydrogen-bond acceptors (Lipinski definition) is 2. The largest absolute Gasteiger partial charge is 0.417 e. The minimum absolute atomic E-state index is 0.0195. The smallest absolute Gasteiger partial charge is 0.326 e. The number of halogens is 4. The number of alkyl halides is 3. The highest BCUT2D eigenvalue weighted by Gasteiger charge is 2.33. The van der Waals surface area contributed by atoms with Crippen molar-refractivity contribution in [3.63, 3.8) is 0 Å². The highest BCUT2D eigenvalue weighted by atomic mass is 79.9. The molecule has 0 spiro atoms. The van der Waals surface area contributed by atoms with Gasteiger partial charge in [0, 0.05) is 28.8 Å². The Morgan fingerprint density at radius 3 is 2.44 bits per heavy atom. The zero-order valence-electron chi connectivity index (χ0n) is 14.1. The molecule has 1 heterocycles. The van der Waals surface area contributed by atoms with E-state index in [0.717, 1.165) is 18.2 Å². The van der Waals surface area contributed by atoms with Gasteiger partial charge in [-0.25, -0.2) is 0 Å². The lowest BCUT2D eigenvalue weighted by molar-refractivity contribution is -0.138. The number of carbonyl (C=O) groups excluding carboxylic acids is 2. The molecular weight excluding hydrogens is 425 g/mol. The van der Waals surface area contributed by atoms with Crippen LogP contribution in [0.4, 0.5) is 24.5 Å². The average Bonchev–Trinajstić information content (AvgIpc) is 3.02. The molecule has 0 aromatic heterocycles. The van der Waals surface area contributed by atoms with Crippen LogP contribution in [-0.2, 0) is 22.2 Å². The first kappa shape index (κ1) is 19.4. The summed E-state index contributed by atoms with van der Waals surface area (Å²) in [6.07, 6.45) is -3.12. The zero-order valence-corrected chi connectivity index (χ0v) is 15.7. The Kier molecular flexibility index (Phi) is 5.55. The van der Waals surface area contributed by atoms with Gasteiger partial charge in [0.1, 0.15) is 0 Å². The summed E-state index contributed by atoms with van der Waals surface area (Å²) in [5, 5.41) is 2.48. The molecule has 0 bridgehead atoms. The van der Waals surface area contributed by atoms with Gasteiger partial charge in [-0.2, -0.15) is 13.2 Å². The van der Waals surface area contributed by atoms with Crippen molar-refractivity contribution in [3.8, 4) is 0 Å². The van der Waals surface area contributed by atoms with Crippen molar-refractivity contribution in [1.29, 1.82) is 0 Å². The monoisotopic (exact) mass is 440 g/mol. The summed E-state index contributed by atoms with van der Waals surface area (Å²) in [5.74, 6) is -0.341. The lowest BCUT2D eigenvalue weighted by Crippen LogP contribution is -2.23. The third kappa shape index (κ3) is 4.68. The Balaban J connectivity index is 1.65. The minimum atomic E-state index is -4.51. The van der Waals surface area contributed by atoms with Crippen molar-refractivity contribution in [2.45, 2.75) is 25.4 Å². The number of anilines is 2. The normalized spacial score (nSPS) is 14.5. The van der Waals surface area contributed by atoms with Gasteiger partial charge in [-0.1, -0.05) is 28.1 Å². The number of benzene rings is 2. The summed E-state index contributed by atoms with van der Waals surface area (Å²) in [6.45, 7) is 0.684. The Morgan fingerprint density at radius 1 is 1.15 bits per heavy atom. The first-order valence-electron chi connectivity index (χ1n) is 8.30. The molecule has 0 aliphatic carbocycles. The molecule has 1 aliphatic rings. The van der Waals surface area contributed by atoms with Crippen LogP contribution in [0.1, 0.15) is 24.0 Å². The molecule has 4 nitrogen and oxygen atoms in total. The summed E-state index contributed by atoms with van der Waals surface area (Å²) in [7, 11) is 0. The Labute approximate surface area is 162 Å². The van der Waals surface area contributed by atoms with Crippen LogP contribution in [0.5, 0.6) is 0 Å². The van der Waals surface area contributed by atoms with Crippen LogP contribution in [0.2, 0.25) is 0 Å². The fourth-order valence-electron chi connectivity index (χ4n) is 2.93. The standard InChI is InChI=1S/C19H16BrF3N2O2/c20-16-8-5-13(11-15(16)19(21,22)23)24-17(26)10-12-3-6-14(7-4-12)25-9-1-2-18(25)27/h3-8,11H,1-2,9-10H2,(H,24,26). The zero-order chi connectivity index (χ0) is 19.6. The Bertz CT molecular complexity index is 866. The van der Waals surface area contributed by atoms with Gasteiger partial charge in [0.2, 0.25) is 11.8 Å². The lowest BCUT2D eigenvalue weighted by atomic mass is 10.1. The van der Waals surface area contributed by atoms with E-state index in [4.69, 9.17) is 0 Å². The van der Waals surface area contributed by atoms with Crippen molar-refractivity contribution < 1.29 is 22.8 Å². The average molecular weight is 441 g/mol.